The zero-order chi connectivity index (χ0) is 15.6. The summed E-state index contributed by atoms with van der Waals surface area (Å²) >= 11 is 0. The van der Waals surface area contributed by atoms with Crippen molar-refractivity contribution in [2.24, 2.45) is 0 Å². The van der Waals surface area contributed by atoms with Crippen LogP contribution in [-0.2, 0) is 12.0 Å². The van der Waals surface area contributed by atoms with E-state index in [0.29, 0.717) is 6.61 Å². The largest absolute Gasteiger partial charge is 0.492 e. The number of imidazole rings is 1. The van der Waals surface area contributed by atoms with Gasteiger partial charge in [0, 0.05) is 5.41 Å². The minimum Gasteiger partial charge on any atom is -0.492 e. The molecule has 0 saturated carbocycles. The number of fused-ring (bicyclic) bond motifs is 1. The number of nitrogens with zero attached hydrogens (tertiary/aromatic N) is 2. The monoisotopic (exact) mass is 294 g/mol. The number of para-hydroxylation sites is 3. The molecule has 0 aliphatic carbocycles. The van der Waals surface area contributed by atoms with Gasteiger partial charge < -0.3 is 9.30 Å². The predicted molar refractivity (Wildman–Crippen MR) is 90.4 cm³/mol. The van der Waals surface area contributed by atoms with Crippen molar-refractivity contribution in [1.29, 1.82) is 0 Å². The Bertz CT molecular complexity index is 754. The van der Waals surface area contributed by atoms with Gasteiger partial charge in [0.1, 0.15) is 18.2 Å². The molecule has 1 aromatic heterocycles. The first-order valence-electron chi connectivity index (χ1n) is 7.69. The van der Waals surface area contributed by atoms with Gasteiger partial charge in [-0.25, -0.2) is 4.98 Å². The van der Waals surface area contributed by atoms with E-state index >= 15 is 0 Å². The summed E-state index contributed by atoms with van der Waals surface area (Å²) in [5, 5.41) is 0. The molecule has 2 aromatic carbocycles. The lowest BCUT2D eigenvalue weighted by molar-refractivity contribution is 0.295. The Labute approximate surface area is 131 Å². The molecule has 0 bridgehead atoms. The molecule has 0 N–H and O–H groups in total. The van der Waals surface area contributed by atoms with E-state index in [1.165, 1.54) is 5.52 Å². The Hall–Kier alpha value is -2.29. The fraction of sp³-hybridized carbons (Fsp3) is 0.316. The van der Waals surface area contributed by atoms with Gasteiger partial charge in [0.15, 0.2) is 0 Å². The van der Waals surface area contributed by atoms with Crippen LogP contribution in [0.15, 0.2) is 54.6 Å². The van der Waals surface area contributed by atoms with Crippen LogP contribution >= 0.6 is 0 Å². The van der Waals surface area contributed by atoms with Gasteiger partial charge in [-0.05, 0) is 24.3 Å². The average molecular weight is 294 g/mol. The van der Waals surface area contributed by atoms with Crippen molar-refractivity contribution in [2.45, 2.75) is 32.7 Å². The molecule has 0 unspecified atom stereocenters. The summed E-state index contributed by atoms with van der Waals surface area (Å²) in [5.74, 6) is 2.01. The van der Waals surface area contributed by atoms with Crippen molar-refractivity contribution in [3.8, 4) is 5.75 Å². The Morgan fingerprint density at radius 2 is 1.64 bits per heavy atom. The first-order chi connectivity index (χ1) is 10.6. The summed E-state index contributed by atoms with van der Waals surface area (Å²) in [4.78, 5) is 4.82. The third-order valence-electron chi connectivity index (χ3n) is 3.65. The van der Waals surface area contributed by atoms with E-state index < -0.39 is 0 Å². The minimum atomic E-state index is 0.00572. The smallest absolute Gasteiger partial charge is 0.119 e. The van der Waals surface area contributed by atoms with Crippen molar-refractivity contribution >= 4 is 11.0 Å². The van der Waals surface area contributed by atoms with Crippen LogP contribution in [0.1, 0.15) is 26.6 Å². The molecule has 3 aromatic rings. The SMILES string of the molecule is CC(C)(C)c1nc2ccccc2n1CCOc1ccccc1. The van der Waals surface area contributed by atoms with Gasteiger partial charge >= 0.3 is 0 Å². The highest BCUT2D eigenvalue weighted by molar-refractivity contribution is 5.76. The molecule has 114 valence electrons. The van der Waals surface area contributed by atoms with Gasteiger partial charge in [-0.2, -0.15) is 0 Å². The number of aromatic nitrogens is 2. The maximum absolute atomic E-state index is 5.85. The summed E-state index contributed by atoms with van der Waals surface area (Å²) in [6.45, 7) is 8.02. The third-order valence-corrected chi connectivity index (χ3v) is 3.65. The highest BCUT2D eigenvalue weighted by Crippen LogP contribution is 2.26. The van der Waals surface area contributed by atoms with Crippen LogP contribution in [0.25, 0.3) is 11.0 Å². The molecule has 3 heteroatoms. The Kier molecular flexibility index (Phi) is 3.88. The summed E-state index contributed by atoms with van der Waals surface area (Å²) in [6.07, 6.45) is 0. The second-order valence-electron chi connectivity index (χ2n) is 6.49. The van der Waals surface area contributed by atoms with Crippen LogP contribution in [-0.4, -0.2) is 16.2 Å². The first-order valence-corrected chi connectivity index (χ1v) is 7.69. The first kappa shape index (κ1) is 14.6. The molecule has 0 atom stereocenters. The van der Waals surface area contributed by atoms with Gasteiger partial charge in [-0.3, -0.25) is 0 Å². The fourth-order valence-corrected chi connectivity index (χ4v) is 2.65. The molecule has 0 fully saturated rings. The van der Waals surface area contributed by atoms with Gasteiger partial charge in [0.2, 0.25) is 0 Å². The van der Waals surface area contributed by atoms with E-state index in [-0.39, 0.29) is 5.41 Å². The second-order valence-corrected chi connectivity index (χ2v) is 6.49. The molecule has 3 nitrogen and oxygen atoms in total. The molecule has 0 amide bonds. The molecule has 0 saturated heterocycles. The second kappa shape index (κ2) is 5.84. The van der Waals surface area contributed by atoms with Gasteiger partial charge in [0.25, 0.3) is 0 Å². The Balaban J connectivity index is 1.85. The van der Waals surface area contributed by atoms with Crippen LogP contribution in [0.5, 0.6) is 5.75 Å². The maximum atomic E-state index is 5.85. The van der Waals surface area contributed by atoms with Crippen LogP contribution in [0, 0.1) is 0 Å². The van der Waals surface area contributed by atoms with Crippen LogP contribution in [0.2, 0.25) is 0 Å². The molecule has 0 radical (unpaired) electrons. The predicted octanol–water partition coefficient (Wildman–Crippen LogP) is 4.41. The molecule has 0 aliphatic heterocycles. The van der Waals surface area contributed by atoms with Crippen molar-refractivity contribution < 1.29 is 4.74 Å². The van der Waals surface area contributed by atoms with Gasteiger partial charge in [-0.1, -0.05) is 51.1 Å². The van der Waals surface area contributed by atoms with Gasteiger partial charge in [-0.15, -0.1) is 0 Å². The highest BCUT2D eigenvalue weighted by atomic mass is 16.5. The number of hydrogen-bond acceptors (Lipinski definition) is 2. The van der Waals surface area contributed by atoms with Crippen molar-refractivity contribution in [1.82, 2.24) is 9.55 Å². The quantitative estimate of drug-likeness (QED) is 0.712. The van der Waals surface area contributed by atoms with Crippen LogP contribution in [0.3, 0.4) is 0 Å². The summed E-state index contributed by atoms with van der Waals surface area (Å²) in [5.41, 5.74) is 2.22. The number of hydrogen-bond donors (Lipinski definition) is 0. The van der Waals surface area contributed by atoms with E-state index in [0.717, 1.165) is 23.6 Å². The molecule has 0 aliphatic rings. The number of rotatable bonds is 4. The molecule has 3 rings (SSSR count). The maximum Gasteiger partial charge on any atom is 0.119 e. The van der Waals surface area contributed by atoms with Crippen LogP contribution < -0.4 is 4.74 Å². The molecule has 1 heterocycles. The Morgan fingerprint density at radius 1 is 0.955 bits per heavy atom. The van der Waals surface area contributed by atoms with E-state index in [4.69, 9.17) is 9.72 Å². The van der Waals surface area contributed by atoms with E-state index in [1.54, 1.807) is 0 Å². The zero-order valence-corrected chi connectivity index (χ0v) is 13.4. The van der Waals surface area contributed by atoms with Crippen molar-refractivity contribution in [3.63, 3.8) is 0 Å². The molecular weight excluding hydrogens is 272 g/mol. The minimum absolute atomic E-state index is 0.00572. The average Bonchev–Trinajstić information content (AvgIpc) is 2.88. The lowest BCUT2D eigenvalue weighted by atomic mass is 9.95. The Morgan fingerprint density at radius 3 is 2.36 bits per heavy atom. The number of ether oxygens (including phenoxy) is 1. The summed E-state index contributed by atoms with van der Waals surface area (Å²) in [7, 11) is 0. The molecular formula is C19H22N2O. The summed E-state index contributed by atoms with van der Waals surface area (Å²) in [6, 6.07) is 18.2. The third kappa shape index (κ3) is 2.98. The lowest BCUT2D eigenvalue weighted by Crippen LogP contribution is -2.21. The van der Waals surface area contributed by atoms with E-state index in [9.17, 15) is 0 Å². The van der Waals surface area contributed by atoms with E-state index in [2.05, 4.69) is 43.5 Å². The fourth-order valence-electron chi connectivity index (χ4n) is 2.65. The molecule has 0 spiro atoms. The van der Waals surface area contributed by atoms with Crippen molar-refractivity contribution in [2.75, 3.05) is 6.61 Å². The highest BCUT2D eigenvalue weighted by Gasteiger charge is 2.22. The van der Waals surface area contributed by atoms with Crippen molar-refractivity contribution in [3.05, 3.63) is 60.4 Å². The van der Waals surface area contributed by atoms with Gasteiger partial charge in [0.05, 0.1) is 17.6 Å². The normalized spacial score (nSPS) is 11.8. The molecule has 22 heavy (non-hydrogen) atoms. The zero-order valence-electron chi connectivity index (χ0n) is 13.4. The number of benzene rings is 2. The van der Waals surface area contributed by atoms with E-state index in [1.807, 2.05) is 36.4 Å². The topological polar surface area (TPSA) is 27.1 Å². The standard InChI is InChI=1S/C19H22N2O/c1-19(2,3)18-20-16-11-7-8-12-17(16)21(18)13-14-22-15-9-5-4-6-10-15/h4-12H,13-14H2,1-3H3. The summed E-state index contributed by atoms with van der Waals surface area (Å²) < 4.78 is 8.12. The van der Waals surface area contributed by atoms with Crippen LogP contribution in [0.4, 0.5) is 0 Å². The lowest BCUT2D eigenvalue weighted by Gasteiger charge is -2.20.